The number of nitrogens with zero attached hydrogens (tertiary/aromatic N) is 2. The Bertz CT molecular complexity index is 5280. The zero-order valence-electron chi connectivity index (χ0n) is 50.5. The summed E-state index contributed by atoms with van der Waals surface area (Å²) < 4.78 is 14.2. The monoisotopic (exact) mass is 1150 g/mol. The van der Waals surface area contributed by atoms with E-state index in [0.717, 1.165) is 89.1 Å². The summed E-state index contributed by atoms with van der Waals surface area (Å²) in [7, 11) is -4.52. The Morgan fingerprint density at radius 2 is 0.713 bits per heavy atom. The molecule has 0 N–H and O–H groups in total. The Balaban J connectivity index is 0.904. The Hall–Kier alpha value is -9.73. The van der Waals surface area contributed by atoms with Crippen molar-refractivity contribution >= 4 is 126 Å². The van der Waals surface area contributed by atoms with Crippen LogP contribution in [0.2, 0.25) is 39.3 Å². The number of hydrogen-bond donors (Lipinski definition) is 0. The summed E-state index contributed by atoms with van der Waals surface area (Å²) in [6.45, 7) is 20.3. The van der Waals surface area contributed by atoms with Crippen LogP contribution in [0, 0.1) is 13.8 Å². The van der Waals surface area contributed by atoms with Gasteiger partial charge in [-0.05, 0) is 151 Å². The molecule has 0 unspecified atom stereocenters. The third-order valence-electron chi connectivity index (χ3n) is 19.2. The molecule has 6 heteroatoms. The summed E-state index contributed by atoms with van der Waals surface area (Å²) in [5.41, 5.74) is 22.7. The van der Waals surface area contributed by atoms with Crippen LogP contribution < -0.4 is 9.80 Å². The molecule has 0 bridgehead atoms. The molecule has 0 saturated heterocycles. The topological polar surface area (TPSA) is 32.8 Å². The Kier molecular flexibility index (Phi) is 11.9. The first kappa shape index (κ1) is 52.8. The first-order valence-corrected chi connectivity index (χ1v) is 37.6. The van der Waals surface area contributed by atoms with Crippen LogP contribution in [0.3, 0.4) is 0 Å². The second-order valence-corrected chi connectivity index (χ2v) is 37.0. The van der Waals surface area contributed by atoms with Gasteiger partial charge in [-0.25, -0.2) is 0 Å². The molecule has 420 valence electrons. The van der Waals surface area contributed by atoms with E-state index in [1.54, 1.807) is 0 Å². The van der Waals surface area contributed by atoms with E-state index in [0.29, 0.717) is 0 Å². The molecule has 0 aliphatic heterocycles. The largest absolute Gasteiger partial charge is 0.453 e. The molecule has 4 nitrogen and oxygen atoms in total. The van der Waals surface area contributed by atoms with Crippen molar-refractivity contribution in [3.05, 3.63) is 277 Å². The van der Waals surface area contributed by atoms with Crippen molar-refractivity contribution in [1.29, 1.82) is 0 Å². The fourth-order valence-electron chi connectivity index (χ4n) is 16.0. The first-order chi connectivity index (χ1) is 42.3. The highest BCUT2D eigenvalue weighted by molar-refractivity contribution is 7.00. The van der Waals surface area contributed by atoms with Crippen LogP contribution in [-0.4, -0.2) is 16.1 Å². The highest BCUT2D eigenvalue weighted by Gasteiger charge is 2.60. The Morgan fingerprint density at radius 3 is 1.23 bits per heavy atom. The fourth-order valence-corrected chi connectivity index (χ4v) is 29.0. The second-order valence-electron chi connectivity index (χ2n) is 26.0. The lowest BCUT2D eigenvalue weighted by Crippen LogP contribution is -2.63. The third kappa shape index (κ3) is 7.80. The average molecular weight is 1160 g/mol. The molecule has 2 aromatic heterocycles. The molecule has 2 heterocycles. The molecule has 15 aromatic rings. The smallest absolute Gasteiger partial charge is 0.159 e. The van der Waals surface area contributed by atoms with E-state index >= 15 is 0 Å². The van der Waals surface area contributed by atoms with Gasteiger partial charge in [0, 0.05) is 60.1 Å². The molecule has 1 aliphatic rings. The fraction of sp³-hybridized carbons (Fsp3) is 0.111. The van der Waals surface area contributed by atoms with Crippen molar-refractivity contribution in [2.45, 2.75) is 57.8 Å². The first-order valence-electron chi connectivity index (χ1n) is 30.6. The van der Waals surface area contributed by atoms with Crippen LogP contribution in [-0.2, 0) is 4.66 Å². The van der Waals surface area contributed by atoms with E-state index in [-0.39, 0.29) is 4.66 Å². The number of rotatable bonds is 10. The van der Waals surface area contributed by atoms with Gasteiger partial charge in [0.1, 0.15) is 11.2 Å². The van der Waals surface area contributed by atoms with Crippen LogP contribution >= 0.6 is 0 Å². The summed E-state index contributed by atoms with van der Waals surface area (Å²) >= 11 is 0. The number of aryl methyl sites for hydroxylation is 2. The maximum absolute atomic E-state index is 7.21. The minimum absolute atomic E-state index is 0.197. The summed E-state index contributed by atoms with van der Waals surface area (Å²) in [5.74, 6) is 0. The molecule has 0 atom stereocenters. The van der Waals surface area contributed by atoms with E-state index in [1.807, 2.05) is 0 Å². The lowest BCUT2D eigenvalue weighted by Gasteiger charge is -2.52. The molecule has 0 saturated carbocycles. The molecular weight excluding hydrogens is 1090 g/mol. The van der Waals surface area contributed by atoms with E-state index < -0.39 is 16.1 Å². The van der Waals surface area contributed by atoms with Gasteiger partial charge in [0.2, 0.25) is 0 Å². The molecule has 16 rings (SSSR count). The lowest BCUT2D eigenvalue weighted by atomic mass is 9.91. The van der Waals surface area contributed by atoms with Gasteiger partial charge < -0.3 is 18.6 Å². The number of para-hydroxylation sites is 6. The predicted molar refractivity (Wildman–Crippen MR) is 376 cm³/mol. The maximum Gasteiger partial charge on any atom is 0.159 e. The summed E-state index contributed by atoms with van der Waals surface area (Å²) in [5, 5.41) is 12.2. The van der Waals surface area contributed by atoms with Crippen molar-refractivity contribution in [2.75, 3.05) is 9.80 Å². The van der Waals surface area contributed by atoms with Crippen LogP contribution in [0.4, 0.5) is 34.1 Å². The molecule has 1 aliphatic carbocycles. The van der Waals surface area contributed by atoms with Crippen LogP contribution in [0.15, 0.2) is 264 Å². The summed E-state index contributed by atoms with van der Waals surface area (Å²) in [6.07, 6.45) is 0. The maximum atomic E-state index is 7.21. The Labute approximate surface area is 510 Å². The molecule has 0 spiro atoms. The average Bonchev–Trinajstić information content (AvgIpc) is 1.52. The number of hydrogen-bond acceptors (Lipinski definition) is 4. The van der Waals surface area contributed by atoms with Gasteiger partial charge >= 0.3 is 0 Å². The van der Waals surface area contributed by atoms with Crippen molar-refractivity contribution < 1.29 is 8.83 Å². The summed E-state index contributed by atoms with van der Waals surface area (Å²) in [6, 6.07) is 94.0. The van der Waals surface area contributed by atoms with Crippen LogP contribution in [0.1, 0.15) is 22.3 Å². The standard InChI is InChI=1S/C81H66N2O2Si2/c1-51-25-15-17-31-58(51)64-35-21-37-66-68-39-23-41-72(79(68)84-77(64)66)82(54-27-11-9-12-28-54)56-44-47-60-53(49-56)43-46-70-74-62-34-20-19-33-61(62)71-50-57(45-48-63(71)76(74)81(75(60)70,86(3,4)5)87(6,7)8)83(55-29-13-10-14-30-55)73-42-24-40-69-67-38-22-36-65(78(67)85-80(69)73)59-32-18-16-26-52(59)2/h9-50H,1-8H3. The van der Waals surface area contributed by atoms with Gasteiger partial charge in [-0.15, -0.1) is 0 Å². The van der Waals surface area contributed by atoms with Gasteiger partial charge in [-0.2, -0.15) is 0 Å². The zero-order chi connectivity index (χ0) is 59.1. The quantitative estimate of drug-likeness (QED) is 0.101. The van der Waals surface area contributed by atoms with E-state index in [9.17, 15) is 0 Å². The number of fused-ring (bicyclic) bond motifs is 16. The highest BCUT2D eigenvalue weighted by Crippen LogP contribution is 2.64. The second kappa shape index (κ2) is 19.7. The zero-order valence-corrected chi connectivity index (χ0v) is 52.5. The summed E-state index contributed by atoms with van der Waals surface area (Å²) in [4.78, 5) is 4.82. The molecule has 0 radical (unpaired) electrons. The van der Waals surface area contributed by atoms with Gasteiger partial charge in [0.25, 0.3) is 0 Å². The van der Waals surface area contributed by atoms with Gasteiger partial charge in [-0.3, -0.25) is 0 Å². The van der Waals surface area contributed by atoms with Crippen LogP contribution in [0.25, 0.3) is 110 Å². The van der Waals surface area contributed by atoms with Crippen molar-refractivity contribution in [2.24, 2.45) is 0 Å². The van der Waals surface area contributed by atoms with Gasteiger partial charge in [0.05, 0.1) is 27.5 Å². The number of benzene rings is 13. The SMILES string of the molecule is Cc1ccccc1-c1cccc2c1oc1c(N(c3ccccc3)c3ccc4c5c(ccc4c3)-c3c(c4ccc(N(c6ccccc6)c6cccc7c6oc6c(-c8ccccc8C)cccc67)cc4c4ccccc34)C5([Si](C)(C)C)[Si](C)(C)C)cccc12. The van der Waals surface area contributed by atoms with Crippen molar-refractivity contribution in [3.63, 3.8) is 0 Å². The molecule has 13 aromatic carbocycles. The highest BCUT2D eigenvalue weighted by atomic mass is 28.4. The Morgan fingerprint density at radius 1 is 0.287 bits per heavy atom. The molecule has 0 fully saturated rings. The minimum atomic E-state index is -2.26. The number of anilines is 6. The molecular formula is C81H66N2O2Si2. The van der Waals surface area contributed by atoms with Crippen molar-refractivity contribution in [1.82, 2.24) is 0 Å². The molecule has 0 amide bonds. The minimum Gasteiger partial charge on any atom is -0.453 e. The third-order valence-corrected chi connectivity index (χ3v) is 29.2. The van der Waals surface area contributed by atoms with Gasteiger partial charge in [0.15, 0.2) is 11.2 Å². The predicted octanol–water partition coefficient (Wildman–Crippen LogP) is 23.9. The normalized spacial score (nSPS) is 13.1. The number of furan rings is 2. The van der Waals surface area contributed by atoms with E-state index in [1.165, 1.54) is 76.8 Å². The lowest BCUT2D eigenvalue weighted by molar-refractivity contribution is 0.670. The van der Waals surface area contributed by atoms with Gasteiger partial charge in [-0.1, -0.05) is 233 Å². The van der Waals surface area contributed by atoms with E-state index in [4.69, 9.17) is 8.83 Å². The van der Waals surface area contributed by atoms with Crippen LogP contribution in [0.5, 0.6) is 0 Å². The molecule has 87 heavy (non-hydrogen) atoms. The van der Waals surface area contributed by atoms with Crippen molar-refractivity contribution in [3.8, 4) is 33.4 Å². The van der Waals surface area contributed by atoms with E-state index in [2.05, 4.69) is 318 Å².